The van der Waals surface area contributed by atoms with E-state index in [0.717, 1.165) is 33.1 Å². The van der Waals surface area contributed by atoms with Gasteiger partial charge in [-0.05, 0) is 55.5 Å². The number of ketones is 1. The molecule has 0 spiro atoms. The number of thiophene rings is 1. The van der Waals surface area contributed by atoms with E-state index in [-0.39, 0.29) is 5.78 Å². The number of aromatic nitrogens is 1. The van der Waals surface area contributed by atoms with E-state index < -0.39 is 0 Å². The fraction of sp³-hybridized carbons (Fsp3) is 0.238. The summed E-state index contributed by atoms with van der Waals surface area (Å²) in [5.41, 5.74) is 3.29. The van der Waals surface area contributed by atoms with Crippen LogP contribution in [0, 0.1) is 0 Å². The lowest BCUT2D eigenvalue weighted by Crippen LogP contribution is -1.93. The molecule has 0 saturated heterocycles. The predicted molar refractivity (Wildman–Crippen MR) is 107 cm³/mol. The molecule has 5 heteroatoms. The van der Waals surface area contributed by atoms with Gasteiger partial charge in [-0.15, -0.1) is 11.3 Å². The molecule has 0 unspecified atom stereocenters. The van der Waals surface area contributed by atoms with E-state index in [1.807, 2.05) is 18.3 Å². The number of hydrogen-bond acceptors (Lipinski definition) is 5. The molecule has 1 N–H and O–H groups in total. The minimum atomic E-state index is 0.0310. The fourth-order valence-electron chi connectivity index (χ4n) is 3.10. The minimum absolute atomic E-state index is 0.0310. The number of pyridine rings is 1. The van der Waals surface area contributed by atoms with Gasteiger partial charge in [-0.2, -0.15) is 0 Å². The molecule has 26 heavy (non-hydrogen) atoms. The van der Waals surface area contributed by atoms with Gasteiger partial charge < -0.3 is 10.1 Å². The zero-order chi connectivity index (χ0) is 18.1. The quantitative estimate of drug-likeness (QED) is 0.590. The second-order valence-corrected chi connectivity index (χ2v) is 7.47. The van der Waals surface area contributed by atoms with E-state index in [0.29, 0.717) is 4.88 Å². The number of nitrogens with zero attached hydrogens (tertiary/aromatic N) is 1. The van der Waals surface area contributed by atoms with E-state index in [1.54, 1.807) is 20.2 Å². The SMILES string of the molecule is COc1ccnc2sc(C(C)=O)c(/C=C\Nc3ccc(C4CC4)cc3)c12. The highest BCUT2D eigenvalue weighted by molar-refractivity contribution is 7.20. The smallest absolute Gasteiger partial charge is 0.170 e. The minimum Gasteiger partial charge on any atom is -0.496 e. The molecular formula is C21H20N2O2S. The first-order chi connectivity index (χ1) is 12.7. The van der Waals surface area contributed by atoms with Crippen LogP contribution in [0.4, 0.5) is 5.69 Å². The van der Waals surface area contributed by atoms with Crippen molar-refractivity contribution in [2.45, 2.75) is 25.7 Å². The molecule has 0 radical (unpaired) electrons. The van der Waals surface area contributed by atoms with Gasteiger partial charge in [0.25, 0.3) is 0 Å². The van der Waals surface area contributed by atoms with Gasteiger partial charge in [-0.3, -0.25) is 4.79 Å². The zero-order valence-corrected chi connectivity index (χ0v) is 15.6. The van der Waals surface area contributed by atoms with Crippen LogP contribution < -0.4 is 10.1 Å². The second-order valence-electron chi connectivity index (χ2n) is 6.47. The van der Waals surface area contributed by atoms with E-state index in [1.165, 1.54) is 29.7 Å². The van der Waals surface area contributed by atoms with Crippen molar-refractivity contribution in [3.05, 3.63) is 58.7 Å². The number of Topliss-reactive ketones (excluding diaryl/α,β-unsaturated/α-hetero) is 1. The molecule has 0 aliphatic heterocycles. The van der Waals surface area contributed by atoms with Gasteiger partial charge in [0.15, 0.2) is 5.78 Å². The van der Waals surface area contributed by atoms with Gasteiger partial charge in [0.05, 0.1) is 17.4 Å². The summed E-state index contributed by atoms with van der Waals surface area (Å²) in [7, 11) is 1.63. The number of carbonyl (C=O) groups is 1. The highest BCUT2D eigenvalue weighted by Gasteiger charge is 2.22. The number of methoxy groups -OCH3 is 1. The van der Waals surface area contributed by atoms with Crippen LogP contribution in [-0.4, -0.2) is 17.9 Å². The van der Waals surface area contributed by atoms with E-state index in [9.17, 15) is 4.79 Å². The Labute approximate surface area is 156 Å². The van der Waals surface area contributed by atoms with E-state index in [2.05, 4.69) is 34.6 Å². The predicted octanol–water partition coefficient (Wildman–Crippen LogP) is 5.47. The Bertz CT molecular complexity index is 985. The van der Waals surface area contributed by atoms with Crippen LogP contribution in [0.2, 0.25) is 0 Å². The lowest BCUT2D eigenvalue weighted by molar-refractivity contribution is 0.102. The van der Waals surface area contributed by atoms with Crippen LogP contribution in [0.5, 0.6) is 5.75 Å². The van der Waals surface area contributed by atoms with Crippen LogP contribution in [0.25, 0.3) is 16.3 Å². The summed E-state index contributed by atoms with van der Waals surface area (Å²) >= 11 is 1.40. The van der Waals surface area contributed by atoms with Gasteiger partial charge in [0.2, 0.25) is 0 Å². The molecule has 2 aromatic heterocycles. The van der Waals surface area contributed by atoms with Crippen molar-refractivity contribution >= 4 is 39.1 Å². The molecule has 132 valence electrons. The van der Waals surface area contributed by atoms with Gasteiger partial charge >= 0.3 is 0 Å². The maximum Gasteiger partial charge on any atom is 0.170 e. The van der Waals surface area contributed by atoms with Gasteiger partial charge in [-0.1, -0.05) is 12.1 Å². The Hall–Kier alpha value is -2.66. The molecule has 3 aromatic rings. The van der Waals surface area contributed by atoms with Gasteiger partial charge in [-0.25, -0.2) is 4.98 Å². The Balaban J connectivity index is 1.63. The number of rotatable bonds is 6. The number of hydrogen-bond donors (Lipinski definition) is 1. The van der Waals surface area contributed by atoms with Crippen molar-refractivity contribution in [2.75, 3.05) is 12.4 Å². The van der Waals surface area contributed by atoms with Crippen molar-refractivity contribution in [3.8, 4) is 5.75 Å². The van der Waals surface area contributed by atoms with Gasteiger partial charge in [0, 0.05) is 23.6 Å². The lowest BCUT2D eigenvalue weighted by atomic mass is 10.1. The van der Waals surface area contributed by atoms with Crippen molar-refractivity contribution in [3.63, 3.8) is 0 Å². The summed E-state index contributed by atoms with van der Waals surface area (Å²) in [5.74, 6) is 1.52. The van der Waals surface area contributed by atoms with Crippen molar-refractivity contribution < 1.29 is 9.53 Å². The molecule has 1 aromatic carbocycles. The standard InChI is InChI=1S/C21H20N2O2S/c1-13(24)20-17(19-18(25-2)10-12-23-21(19)26-20)9-11-22-16-7-5-15(6-8-16)14-3-4-14/h5-12,14,22H,3-4H2,1-2H3/b11-9-. The molecule has 1 saturated carbocycles. The number of nitrogens with one attached hydrogen (secondary N) is 1. The zero-order valence-electron chi connectivity index (χ0n) is 14.8. The third-order valence-electron chi connectivity index (χ3n) is 4.59. The molecular weight excluding hydrogens is 344 g/mol. The maximum atomic E-state index is 12.1. The first kappa shape index (κ1) is 16.8. The number of carbonyl (C=O) groups excluding carboxylic acids is 1. The maximum absolute atomic E-state index is 12.1. The Morgan fingerprint density at radius 2 is 2.04 bits per heavy atom. The fourth-order valence-corrected chi connectivity index (χ4v) is 4.14. The van der Waals surface area contributed by atoms with Gasteiger partial charge in [0.1, 0.15) is 10.6 Å². The second kappa shape index (κ2) is 6.92. The third-order valence-corrected chi connectivity index (χ3v) is 5.80. The molecule has 0 atom stereocenters. The average molecular weight is 364 g/mol. The van der Waals surface area contributed by atoms with Crippen LogP contribution in [-0.2, 0) is 0 Å². The molecule has 1 fully saturated rings. The normalized spacial score (nSPS) is 14.1. The van der Waals surface area contributed by atoms with Crippen LogP contribution in [0.3, 0.4) is 0 Å². The highest BCUT2D eigenvalue weighted by Crippen LogP contribution is 2.40. The van der Waals surface area contributed by atoms with Crippen LogP contribution in [0.1, 0.15) is 46.5 Å². The molecule has 0 amide bonds. The first-order valence-electron chi connectivity index (χ1n) is 8.67. The van der Waals surface area contributed by atoms with Crippen molar-refractivity contribution in [2.24, 2.45) is 0 Å². The lowest BCUT2D eigenvalue weighted by Gasteiger charge is -2.04. The van der Waals surface area contributed by atoms with Crippen molar-refractivity contribution in [1.82, 2.24) is 4.98 Å². The van der Waals surface area contributed by atoms with E-state index in [4.69, 9.17) is 4.74 Å². The first-order valence-corrected chi connectivity index (χ1v) is 9.48. The Morgan fingerprint density at radius 3 is 2.69 bits per heavy atom. The Kier molecular flexibility index (Phi) is 4.47. The largest absolute Gasteiger partial charge is 0.496 e. The summed E-state index contributed by atoms with van der Waals surface area (Å²) < 4.78 is 5.47. The monoisotopic (exact) mass is 364 g/mol. The Morgan fingerprint density at radius 1 is 1.27 bits per heavy atom. The van der Waals surface area contributed by atoms with Crippen LogP contribution in [0.15, 0.2) is 42.7 Å². The molecule has 2 heterocycles. The summed E-state index contributed by atoms with van der Waals surface area (Å²) in [6.07, 6.45) is 8.11. The summed E-state index contributed by atoms with van der Waals surface area (Å²) in [4.78, 5) is 17.9. The number of ether oxygens (including phenoxy) is 1. The molecule has 4 nitrogen and oxygen atoms in total. The van der Waals surface area contributed by atoms with E-state index >= 15 is 0 Å². The number of anilines is 1. The molecule has 1 aliphatic rings. The summed E-state index contributed by atoms with van der Waals surface area (Å²) in [6.45, 7) is 1.58. The molecule has 0 bridgehead atoms. The summed E-state index contributed by atoms with van der Waals surface area (Å²) in [5, 5.41) is 4.17. The van der Waals surface area contributed by atoms with Crippen molar-refractivity contribution in [1.29, 1.82) is 0 Å². The molecule has 4 rings (SSSR count). The molecule has 1 aliphatic carbocycles. The number of benzene rings is 1. The van der Waals surface area contributed by atoms with Crippen LogP contribution >= 0.6 is 11.3 Å². The summed E-state index contributed by atoms with van der Waals surface area (Å²) in [6, 6.07) is 10.4. The third kappa shape index (κ3) is 3.22. The number of fused-ring (bicyclic) bond motifs is 1. The topological polar surface area (TPSA) is 51.2 Å². The average Bonchev–Trinajstić information content (AvgIpc) is 3.43. The highest BCUT2D eigenvalue weighted by atomic mass is 32.1.